The molecular weight excluding hydrogens is 336 g/mol. The normalized spacial score (nSPS) is 11.7. The topological polar surface area (TPSA) is 43.4 Å². The van der Waals surface area contributed by atoms with Crippen molar-refractivity contribution in [3.8, 4) is 0 Å². The minimum Gasteiger partial charge on any atom is -0.392 e. The minimum atomic E-state index is -0.640. The zero-order chi connectivity index (χ0) is 21.3. The van der Waals surface area contributed by atoms with E-state index in [-0.39, 0.29) is 13.9 Å². The highest BCUT2D eigenvalue weighted by Gasteiger charge is 2.21. The van der Waals surface area contributed by atoms with Gasteiger partial charge in [0, 0.05) is 0 Å². The summed E-state index contributed by atoms with van der Waals surface area (Å²) in [5.41, 5.74) is 5.24. The van der Waals surface area contributed by atoms with Crippen molar-refractivity contribution >= 4 is 12.4 Å². The van der Waals surface area contributed by atoms with E-state index in [4.69, 9.17) is 0 Å². The third-order valence-electron chi connectivity index (χ3n) is 3.67. The maximum absolute atomic E-state index is 12.1. The van der Waals surface area contributed by atoms with Crippen LogP contribution in [0.5, 0.6) is 0 Å². The molecule has 3 nitrogen and oxygen atoms in total. The summed E-state index contributed by atoms with van der Waals surface area (Å²) >= 11 is 0. The number of allylic oxidation sites excluding steroid dienone is 8. The maximum atomic E-state index is 12.1. The van der Waals surface area contributed by atoms with Crippen LogP contribution in [-0.4, -0.2) is 12.4 Å². The Morgan fingerprint density at radius 2 is 1.00 bits per heavy atom. The van der Waals surface area contributed by atoms with Gasteiger partial charge in [-0.2, -0.15) is 0 Å². The zero-order valence-electron chi connectivity index (χ0n) is 18.6. The van der Waals surface area contributed by atoms with Crippen LogP contribution < -0.4 is 0 Å². The highest BCUT2D eigenvalue weighted by atomic mass is 16.6. The lowest BCUT2D eigenvalue weighted by molar-refractivity contribution is -0.147. The number of rotatable bonds is 6. The summed E-state index contributed by atoms with van der Waals surface area (Å²) in [4.78, 5) is 22.7. The average Bonchev–Trinajstić information content (AvgIpc) is 2.69. The van der Waals surface area contributed by atoms with Gasteiger partial charge in [-0.25, -0.2) is 4.79 Å². The first-order valence-corrected chi connectivity index (χ1v) is 9.34. The van der Waals surface area contributed by atoms with Gasteiger partial charge in [-0.15, -0.1) is 0 Å². The molecule has 0 bridgehead atoms. The molecule has 0 aromatic heterocycles. The van der Waals surface area contributed by atoms with E-state index >= 15 is 0 Å². The number of esters is 1. The van der Waals surface area contributed by atoms with E-state index in [1.807, 2.05) is 87.5 Å². The number of carbonyl (C=O) groups excluding carboxylic acids is 2. The second-order valence-corrected chi connectivity index (χ2v) is 4.87. The van der Waals surface area contributed by atoms with E-state index in [9.17, 15) is 9.59 Å². The van der Waals surface area contributed by atoms with Gasteiger partial charge in [-0.3, -0.25) is 4.79 Å². The Kier molecular flexibility index (Phi) is 24.3. The summed E-state index contributed by atoms with van der Waals surface area (Å²) in [7, 11) is 0. The molecule has 0 aromatic rings. The number of hydrogen-bond donors (Lipinski definition) is 0. The van der Waals surface area contributed by atoms with E-state index in [0.29, 0.717) is 5.57 Å². The van der Waals surface area contributed by atoms with Crippen molar-refractivity contribution in [2.45, 2.75) is 83.6 Å². The molecule has 0 spiro atoms. The fourth-order valence-corrected chi connectivity index (χ4v) is 2.15. The van der Waals surface area contributed by atoms with Crippen LogP contribution in [0.25, 0.3) is 0 Å². The van der Waals surface area contributed by atoms with E-state index in [2.05, 4.69) is 4.74 Å². The first-order valence-electron chi connectivity index (χ1n) is 9.34. The van der Waals surface area contributed by atoms with Gasteiger partial charge in [0.2, 0.25) is 0 Å². The molecule has 0 heterocycles. The molecule has 0 unspecified atom stereocenters. The van der Waals surface area contributed by atoms with Crippen LogP contribution in [-0.2, 0) is 14.3 Å². The molecule has 0 aromatic carbocycles. The van der Waals surface area contributed by atoms with E-state index in [0.717, 1.165) is 27.9 Å². The summed E-state index contributed by atoms with van der Waals surface area (Å²) < 4.78 is 4.56. The van der Waals surface area contributed by atoms with Crippen molar-refractivity contribution in [1.29, 1.82) is 0 Å². The van der Waals surface area contributed by atoms with Crippen molar-refractivity contribution in [3.63, 3.8) is 0 Å². The van der Waals surface area contributed by atoms with Crippen LogP contribution in [0.3, 0.4) is 0 Å². The Bertz CT molecular complexity index is 563. The van der Waals surface area contributed by atoms with E-state index < -0.39 is 5.97 Å². The maximum Gasteiger partial charge on any atom is 0.345 e. The largest absolute Gasteiger partial charge is 0.392 e. The second-order valence-electron chi connectivity index (χ2n) is 4.87. The van der Waals surface area contributed by atoms with Crippen LogP contribution in [0.2, 0.25) is 0 Å². The van der Waals surface area contributed by atoms with Crippen molar-refractivity contribution in [3.05, 3.63) is 57.7 Å². The van der Waals surface area contributed by atoms with Crippen molar-refractivity contribution in [2.75, 3.05) is 0 Å². The summed E-state index contributed by atoms with van der Waals surface area (Å²) in [6.07, 6.45) is 7.63. The molecule has 0 rings (SSSR count). The molecule has 0 saturated carbocycles. The van der Waals surface area contributed by atoms with Gasteiger partial charge in [-0.1, -0.05) is 59.4 Å². The molecule has 0 saturated heterocycles. The third-order valence-corrected chi connectivity index (χ3v) is 3.67. The molecule has 27 heavy (non-hydrogen) atoms. The molecule has 0 radical (unpaired) electrons. The fourth-order valence-electron chi connectivity index (χ4n) is 2.15. The highest BCUT2D eigenvalue weighted by molar-refractivity contribution is 5.98. The van der Waals surface area contributed by atoms with E-state index in [1.165, 1.54) is 0 Å². The average molecular weight is 379 g/mol. The second kappa shape index (κ2) is 20.2. The van der Waals surface area contributed by atoms with Gasteiger partial charge in [-0.05, 0) is 76.3 Å². The van der Waals surface area contributed by atoms with Gasteiger partial charge >= 0.3 is 12.4 Å². The quantitative estimate of drug-likeness (QED) is 0.158. The SMILES string of the molecule is C.C/C=C(/C)C(=C(/C(C)=C\C)/C(=C\C)C(=O)OC=O)/C(C)=C\C.CC.CC. The lowest BCUT2D eigenvalue weighted by Gasteiger charge is -2.19. The first-order chi connectivity index (χ1) is 12.4. The van der Waals surface area contributed by atoms with Crippen molar-refractivity contribution in [2.24, 2.45) is 0 Å². The smallest absolute Gasteiger partial charge is 0.345 e. The number of ether oxygens (including phenoxy) is 1. The molecule has 0 N–H and O–H groups in total. The lowest BCUT2D eigenvalue weighted by Crippen LogP contribution is -2.12. The van der Waals surface area contributed by atoms with Gasteiger partial charge in [0.1, 0.15) is 0 Å². The molecule has 3 heteroatoms. The Hall–Kier alpha value is -2.16. The molecule has 0 aliphatic carbocycles. The summed E-state index contributed by atoms with van der Waals surface area (Å²) in [5.74, 6) is -0.640. The van der Waals surface area contributed by atoms with Gasteiger partial charge in [0.05, 0.1) is 5.57 Å². The standard InChI is InChI=1S/C19H26O3.2C2H6.CH4/c1-8-13(5)17(14(6)9-2)18(15(7)10-3)16(11-4)19(21)22-12-20;2*1-2;/h8-12H,1-7H3;2*1-2H3;1H4/b13-8-,14-9-,15-10-,16-11+;;;. The molecule has 0 aliphatic heterocycles. The zero-order valence-corrected chi connectivity index (χ0v) is 18.6. The van der Waals surface area contributed by atoms with Crippen molar-refractivity contribution in [1.82, 2.24) is 0 Å². The third kappa shape index (κ3) is 10.5. The van der Waals surface area contributed by atoms with Gasteiger partial charge < -0.3 is 4.74 Å². The molecule has 0 amide bonds. The Morgan fingerprint density at radius 3 is 1.26 bits per heavy atom. The molecular formula is C24H42O3. The van der Waals surface area contributed by atoms with E-state index in [1.54, 1.807) is 13.0 Å². The molecule has 0 atom stereocenters. The summed E-state index contributed by atoms with van der Waals surface area (Å²) in [6, 6.07) is 0. The first kappa shape index (κ1) is 32.5. The predicted molar refractivity (Wildman–Crippen MR) is 121 cm³/mol. The minimum absolute atomic E-state index is 0. The summed E-state index contributed by atoms with van der Waals surface area (Å²) in [5, 5.41) is 0. The fraction of sp³-hybridized carbons (Fsp3) is 0.500. The Labute approximate surface area is 168 Å². The van der Waals surface area contributed by atoms with Crippen LogP contribution in [0, 0.1) is 0 Å². The number of carbonyl (C=O) groups is 2. The highest BCUT2D eigenvalue weighted by Crippen LogP contribution is 2.32. The van der Waals surface area contributed by atoms with Crippen LogP contribution in [0.1, 0.15) is 83.6 Å². The van der Waals surface area contributed by atoms with Crippen LogP contribution in [0.15, 0.2) is 57.7 Å². The monoisotopic (exact) mass is 378 g/mol. The Balaban J connectivity index is -0.000000492. The van der Waals surface area contributed by atoms with Crippen LogP contribution in [0.4, 0.5) is 0 Å². The van der Waals surface area contributed by atoms with Crippen molar-refractivity contribution < 1.29 is 14.3 Å². The molecule has 0 aliphatic rings. The van der Waals surface area contributed by atoms with Crippen LogP contribution >= 0.6 is 0 Å². The van der Waals surface area contributed by atoms with Gasteiger partial charge in [0.15, 0.2) is 0 Å². The van der Waals surface area contributed by atoms with Gasteiger partial charge in [0.25, 0.3) is 0 Å². The number of hydrogen-bond acceptors (Lipinski definition) is 3. The Morgan fingerprint density at radius 1 is 0.667 bits per heavy atom. The molecule has 156 valence electrons. The molecule has 0 fully saturated rings. The summed E-state index contributed by atoms with van der Waals surface area (Å²) in [6.45, 7) is 21.7. The predicted octanol–water partition coefficient (Wildman–Crippen LogP) is 7.52. The lowest BCUT2D eigenvalue weighted by atomic mass is 9.86.